The molecular formula is C19H12O5. The van der Waals surface area contributed by atoms with Crippen LogP contribution in [0.4, 0.5) is 0 Å². The van der Waals surface area contributed by atoms with Crippen LogP contribution in [0.25, 0.3) is 0 Å². The Bertz CT molecular complexity index is 932. The predicted molar refractivity (Wildman–Crippen MR) is 85.5 cm³/mol. The van der Waals surface area contributed by atoms with Gasteiger partial charge in [0.05, 0.1) is 11.1 Å². The lowest BCUT2D eigenvalue weighted by Crippen LogP contribution is -2.25. The van der Waals surface area contributed by atoms with Crippen molar-refractivity contribution in [2.24, 2.45) is 0 Å². The molecule has 1 N–H and O–H groups in total. The summed E-state index contributed by atoms with van der Waals surface area (Å²) in [5.74, 6) is -2.54. The van der Waals surface area contributed by atoms with Gasteiger partial charge in [0.15, 0.2) is 17.3 Å². The number of allylic oxidation sites excluding steroid dienone is 2. The number of carbonyl (C=O) groups excluding carboxylic acids is 3. The van der Waals surface area contributed by atoms with Crippen LogP contribution in [0, 0.1) is 0 Å². The van der Waals surface area contributed by atoms with E-state index in [0.717, 1.165) is 0 Å². The summed E-state index contributed by atoms with van der Waals surface area (Å²) in [5.41, 5.74) is 0.632. The van der Waals surface area contributed by atoms with Crippen molar-refractivity contribution in [1.29, 1.82) is 0 Å². The van der Waals surface area contributed by atoms with Gasteiger partial charge < -0.3 is 5.11 Å². The quantitative estimate of drug-likeness (QED) is 0.694. The fourth-order valence-electron chi connectivity index (χ4n) is 2.68. The van der Waals surface area contributed by atoms with Gasteiger partial charge >= 0.3 is 5.97 Å². The van der Waals surface area contributed by atoms with Crippen LogP contribution in [0.2, 0.25) is 0 Å². The third-order valence-corrected chi connectivity index (χ3v) is 3.98. The van der Waals surface area contributed by atoms with Gasteiger partial charge in [0, 0.05) is 22.3 Å². The van der Waals surface area contributed by atoms with Crippen LogP contribution in [0.15, 0.2) is 59.7 Å². The smallest absolute Gasteiger partial charge is 0.335 e. The molecule has 0 atom stereocenters. The summed E-state index contributed by atoms with van der Waals surface area (Å²) in [7, 11) is 0. The van der Waals surface area contributed by atoms with Crippen LogP contribution in [-0.4, -0.2) is 28.4 Å². The molecule has 0 heterocycles. The number of carboxylic acids is 1. The van der Waals surface area contributed by atoms with Crippen LogP contribution < -0.4 is 0 Å². The number of fused-ring (bicyclic) bond motifs is 1. The summed E-state index contributed by atoms with van der Waals surface area (Å²) in [6.45, 7) is 1.45. The summed E-state index contributed by atoms with van der Waals surface area (Å²) < 4.78 is 0. The normalized spacial score (nSPS) is 13.7. The van der Waals surface area contributed by atoms with Crippen molar-refractivity contribution in [3.63, 3.8) is 0 Å². The van der Waals surface area contributed by atoms with Crippen molar-refractivity contribution in [1.82, 2.24) is 0 Å². The number of benzene rings is 2. The Morgan fingerprint density at radius 1 is 0.792 bits per heavy atom. The second kappa shape index (κ2) is 5.70. The van der Waals surface area contributed by atoms with Gasteiger partial charge in [0.25, 0.3) is 0 Å². The molecule has 2 aromatic rings. The van der Waals surface area contributed by atoms with E-state index in [1.54, 1.807) is 18.2 Å². The van der Waals surface area contributed by atoms with E-state index in [2.05, 4.69) is 0 Å². The molecule has 0 spiro atoms. The number of Topliss-reactive ketones (excluding diaryl/α,β-unsaturated/α-hetero) is 3. The van der Waals surface area contributed by atoms with Crippen molar-refractivity contribution in [3.05, 3.63) is 81.9 Å². The molecule has 1 aliphatic carbocycles. The van der Waals surface area contributed by atoms with E-state index in [9.17, 15) is 19.2 Å². The molecule has 0 amide bonds. The van der Waals surface area contributed by atoms with Crippen LogP contribution in [0.5, 0.6) is 0 Å². The first-order valence-electron chi connectivity index (χ1n) is 7.19. The number of aromatic carboxylic acids is 1. The van der Waals surface area contributed by atoms with Crippen molar-refractivity contribution < 1.29 is 24.3 Å². The topological polar surface area (TPSA) is 88.5 Å². The van der Waals surface area contributed by atoms with Gasteiger partial charge in [-0.2, -0.15) is 0 Å². The van der Waals surface area contributed by atoms with Crippen LogP contribution in [-0.2, 0) is 0 Å². The largest absolute Gasteiger partial charge is 0.478 e. The van der Waals surface area contributed by atoms with Crippen LogP contribution in [0.3, 0.4) is 0 Å². The lowest BCUT2D eigenvalue weighted by atomic mass is 9.81. The van der Waals surface area contributed by atoms with Crippen molar-refractivity contribution in [2.75, 3.05) is 0 Å². The lowest BCUT2D eigenvalue weighted by Gasteiger charge is -2.18. The number of carbonyl (C=O) groups is 4. The Morgan fingerprint density at radius 3 is 1.83 bits per heavy atom. The SMILES string of the molecule is CC1=C(C(=O)c2ccc(C(=O)O)cc2)C(=O)c2ccccc2C1=O. The molecular weight excluding hydrogens is 308 g/mol. The highest BCUT2D eigenvalue weighted by atomic mass is 16.4. The first-order chi connectivity index (χ1) is 11.4. The van der Waals surface area contributed by atoms with Gasteiger partial charge in [0.2, 0.25) is 0 Å². The summed E-state index contributed by atoms with van der Waals surface area (Å²) in [6.07, 6.45) is 0. The monoisotopic (exact) mass is 320 g/mol. The number of hydrogen-bond acceptors (Lipinski definition) is 4. The molecule has 0 unspecified atom stereocenters. The van der Waals surface area contributed by atoms with Crippen molar-refractivity contribution >= 4 is 23.3 Å². The molecule has 118 valence electrons. The summed E-state index contributed by atoms with van der Waals surface area (Å²) in [5, 5.41) is 8.90. The Morgan fingerprint density at radius 2 is 1.29 bits per heavy atom. The minimum Gasteiger partial charge on any atom is -0.478 e. The number of carboxylic acid groups (broad SMARTS) is 1. The second-order valence-electron chi connectivity index (χ2n) is 5.42. The van der Waals surface area contributed by atoms with Gasteiger partial charge in [-0.05, 0) is 19.1 Å². The standard InChI is InChI=1S/C19H12O5/c1-10-15(17(21)11-6-8-12(9-7-11)19(23)24)18(22)14-5-3-2-4-13(14)16(10)20/h2-9H,1H3,(H,23,24). The number of ketones is 3. The number of rotatable bonds is 3. The molecule has 5 nitrogen and oxygen atoms in total. The third-order valence-electron chi connectivity index (χ3n) is 3.98. The zero-order valence-electron chi connectivity index (χ0n) is 12.7. The molecule has 5 heteroatoms. The zero-order chi connectivity index (χ0) is 17.4. The minimum atomic E-state index is -1.11. The molecule has 0 fully saturated rings. The van der Waals surface area contributed by atoms with E-state index in [1.807, 2.05) is 0 Å². The molecule has 0 saturated heterocycles. The molecule has 0 aliphatic heterocycles. The first kappa shape index (κ1) is 15.6. The van der Waals surface area contributed by atoms with E-state index >= 15 is 0 Å². The zero-order valence-corrected chi connectivity index (χ0v) is 12.7. The molecule has 0 bridgehead atoms. The molecule has 2 aromatic carbocycles. The van der Waals surface area contributed by atoms with E-state index in [-0.39, 0.29) is 39.2 Å². The fraction of sp³-hybridized carbons (Fsp3) is 0.0526. The van der Waals surface area contributed by atoms with E-state index in [0.29, 0.717) is 0 Å². The highest BCUT2D eigenvalue weighted by molar-refractivity contribution is 6.39. The third kappa shape index (κ3) is 2.36. The highest BCUT2D eigenvalue weighted by Crippen LogP contribution is 2.28. The van der Waals surface area contributed by atoms with Crippen LogP contribution in [0.1, 0.15) is 48.4 Å². The predicted octanol–water partition coefficient (Wildman–Crippen LogP) is 2.96. The average molecular weight is 320 g/mol. The van der Waals surface area contributed by atoms with Crippen LogP contribution >= 0.6 is 0 Å². The lowest BCUT2D eigenvalue weighted by molar-refractivity contribution is 0.0696. The van der Waals surface area contributed by atoms with E-state index in [1.165, 1.54) is 37.3 Å². The van der Waals surface area contributed by atoms with Gasteiger partial charge in [-0.15, -0.1) is 0 Å². The van der Waals surface area contributed by atoms with E-state index in [4.69, 9.17) is 5.11 Å². The highest BCUT2D eigenvalue weighted by Gasteiger charge is 2.33. The summed E-state index contributed by atoms with van der Waals surface area (Å²) in [4.78, 5) is 48.6. The Labute approximate surface area is 137 Å². The molecule has 24 heavy (non-hydrogen) atoms. The average Bonchev–Trinajstić information content (AvgIpc) is 2.60. The maximum atomic E-state index is 12.7. The number of hydrogen-bond donors (Lipinski definition) is 1. The van der Waals surface area contributed by atoms with Crippen molar-refractivity contribution in [2.45, 2.75) is 6.92 Å². The molecule has 1 aliphatic rings. The maximum absolute atomic E-state index is 12.7. The molecule has 0 aromatic heterocycles. The van der Waals surface area contributed by atoms with Gasteiger partial charge in [-0.3, -0.25) is 14.4 Å². The van der Waals surface area contributed by atoms with E-state index < -0.39 is 17.5 Å². The molecule has 0 saturated carbocycles. The Hall–Kier alpha value is -3.34. The Kier molecular flexibility index (Phi) is 3.69. The Balaban J connectivity index is 2.06. The maximum Gasteiger partial charge on any atom is 0.335 e. The minimum absolute atomic E-state index is 0.0358. The molecule has 0 radical (unpaired) electrons. The van der Waals surface area contributed by atoms with Gasteiger partial charge in [-0.1, -0.05) is 36.4 Å². The summed E-state index contributed by atoms with van der Waals surface area (Å²) >= 11 is 0. The first-order valence-corrected chi connectivity index (χ1v) is 7.19. The van der Waals surface area contributed by atoms with Gasteiger partial charge in [0.1, 0.15) is 0 Å². The fourth-order valence-corrected chi connectivity index (χ4v) is 2.68. The van der Waals surface area contributed by atoms with Crippen molar-refractivity contribution in [3.8, 4) is 0 Å². The second-order valence-corrected chi connectivity index (χ2v) is 5.42. The molecule has 3 rings (SSSR count). The van der Waals surface area contributed by atoms with Gasteiger partial charge in [-0.25, -0.2) is 4.79 Å². The summed E-state index contributed by atoms with van der Waals surface area (Å²) in [6, 6.07) is 11.6.